The molecular formula is C14H15NOS. The number of nitrogen functional groups attached to an aromatic ring is 1. The van der Waals surface area contributed by atoms with Gasteiger partial charge in [-0.15, -0.1) is 11.8 Å². The number of hydrogen-bond acceptors (Lipinski definition) is 3. The van der Waals surface area contributed by atoms with Crippen LogP contribution in [0.4, 0.5) is 5.69 Å². The van der Waals surface area contributed by atoms with E-state index in [2.05, 4.69) is 6.07 Å². The van der Waals surface area contributed by atoms with E-state index in [1.807, 2.05) is 48.5 Å². The first kappa shape index (κ1) is 11.9. The molecule has 17 heavy (non-hydrogen) atoms. The third kappa shape index (κ3) is 4.04. The number of ether oxygens (including phenoxy) is 1. The molecule has 0 aliphatic carbocycles. The highest BCUT2D eigenvalue weighted by molar-refractivity contribution is 7.99. The predicted molar refractivity (Wildman–Crippen MR) is 73.5 cm³/mol. The van der Waals surface area contributed by atoms with Crippen molar-refractivity contribution in [2.45, 2.75) is 4.90 Å². The van der Waals surface area contributed by atoms with Crippen LogP contribution in [0.15, 0.2) is 59.5 Å². The van der Waals surface area contributed by atoms with E-state index in [1.165, 1.54) is 4.90 Å². The summed E-state index contributed by atoms with van der Waals surface area (Å²) in [7, 11) is 0. The highest BCUT2D eigenvalue weighted by atomic mass is 32.2. The fourth-order valence-electron chi connectivity index (χ4n) is 1.44. The largest absolute Gasteiger partial charge is 0.493 e. The Bertz CT molecular complexity index is 459. The lowest BCUT2D eigenvalue weighted by Crippen LogP contribution is -1.99. The van der Waals surface area contributed by atoms with Gasteiger partial charge in [0, 0.05) is 16.3 Å². The molecule has 0 amide bonds. The number of hydrogen-bond donors (Lipinski definition) is 1. The molecule has 0 saturated heterocycles. The van der Waals surface area contributed by atoms with Crippen molar-refractivity contribution < 1.29 is 4.74 Å². The van der Waals surface area contributed by atoms with E-state index < -0.39 is 0 Å². The van der Waals surface area contributed by atoms with Crippen molar-refractivity contribution in [3.05, 3.63) is 54.6 Å². The number of rotatable bonds is 5. The van der Waals surface area contributed by atoms with Gasteiger partial charge in [0.15, 0.2) is 0 Å². The number of nitrogens with two attached hydrogens (primary N) is 1. The maximum atomic E-state index is 5.71. The van der Waals surface area contributed by atoms with Crippen molar-refractivity contribution in [1.82, 2.24) is 0 Å². The molecule has 0 unspecified atom stereocenters. The molecule has 0 fully saturated rings. The molecule has 0 radical (unpaired) electrons. The molecular weight excluding hydrogens is 230 g/mol. The summed E-state index contributed by atoms with van der Waals surface area (Å²) in [5.41, 5.74) is 6.51. The van der Waals surface area contributed by atoms with Gasteiger partial charge < -0.3 is 10.5 Å². The maximum Gasteiger partial charge on any atom is 0.119 e. The Labute approximate surface area is 106 Å². The fourth-order valence-corrected chi connectivity index (χ4v) is 2.24. The molecule has 0 bridgehead atoms. The Morgan fingerprint density at radius 2 is 1.82 bits per heavy atom. The van der Waals surface area contributed by atoms with Gasteiger partial charge in [-0.3, -0.25) is 0 Å². The van der Waals surface area contributed by atoms with Crippen molar-refractivity contribution in [1.29, 1.82) is 0 Å². The van der Waals surface area contributed by atoms with Crippen LogP contribution >= 0.6 is 11.8 Å². The molecule has 3 heteroatoms. The molecule has 2 nitrogen and oxygen atoms in total. The normalized spacial score (nSPS) is 10.1. The average Bonchev–Trinajstić information content (AvgIpc) is 2.36. The lowest BCUT2D eigenvalue weighted by Gasteiger charge is -2.06. The summed E-state index contributed by atoms with van der Waals surface area (Å²) in [6.45, 7) is 0.698. The van der Waals surface area contributed by atoms with Crippen LogP contribution in [0.25, 0.3) is 0 Å². The highest BCUT2D eigenvalue weighted by Gasteiger charge is 1.96. The van der Waals surface area contributed by atoms with E-state index in [9.17, 15) is 0 Å². The lowest BCUT2D eigenvalue weighted by atomic mass is 10.3. The SMILES string of the molecule is Nc1cccc(SCCOc2ccccc2)c1. The smallest absolute Gasteiger partial charge is 0.119 e. The molecule has 0 saturated carbocycles. The molecule has 2 aromatic carbocycles. The first-order valence-corrected chi connectivity index (χ1v) is 6.49. The van der Waals surface area contributed by atoms with Crippen LogP contribution in [0.5, 0.6) is 5.75 Å². The van der Waals surface area contributed by atoms with E-state index in [0.717, 1.165) is 17.2 Å². The standard InChI is InChI=1S/C14H15NOS/c15-12-5-4-8-14(11-12)17-10-9-16-13-6-2-1-3-7-13/h1-8,11H,9-10,15H2. The fraction of sp³-hybridized carbons (Fsp3) is 0.143. The molecule has 2 rings (SSSR count). The van der Waals surface area contributed by atoms with E-state index in [0.29, 0.717) is 6.61 Å². The van der Waals surface area contributed by atoms with Crippen LogP contribution in [0.1, 0.15) is 0 Å². The number of anilines is 1. The summed E-state index contributed by atoms with van der Waals surface area (Å²) in [6.07, 6.45) is 0. The van der Waals surface area contributed by atoms with Crippen LogP contribution < -0.4 is 10.5 Å². The maximum absolute atomic E-state index is 5.71. The van der Waals surface area contributed by atoms with Gasteiger partial charge in [-0.05, 0) is 30.3 Å². The third-order valence-electron chi connectivity index (χ3n) is 2.22. The average molecular weight is 245 g/mol. The summed E-state index contributed by atoms with van der Waals surface area (Å²) >= 11 is 1.75. The minimum Gasteiger partial charge on any atom is -0.493 e. The minimum atomic E-state index is 0.698. The Morgan fingerprint density at radius 3 is 2.59 bits per heavy atom. The van der Waals surface area contributed by atoms with Crippen LogP contribution in [-0.4, -0.2) is 12.4 Å². The van der Waals surface area contributed by atoms with Crippen LogP contribution in [0.3, 0.4) is 0 Å². The summed E-state index contributed by atoms with van der Waals surface area (Å²) in [6, 6.07) is 17.8. The van der Waals surface area contributed by atoms with Gasteiger partial charge in [0.05, 0.1) is 6.61 Å². The van der Waals surface area contributed by atoms with E-state index in [1.54, 1.807) is 11.8 Å². The predicted octanol–water partition coefficient (Wildman–Crippen LogP) is 3.44. The van der Waals surface area contributed by atoms with Gasteiger partial charge in [0.25, 0.3) is 0 Å². The van der Waals surface area contributed by atoms with Crippen molar-refractivity contribution in [2.24, 2.45) is 0 Å². The number of thioether (sulfide) groups is 1. The monoisotopic (exact) mass is 245 g/mol. The van der Waals surface area contributed by atoms with Crippen molar-refractivity contribution in [3.8, 4) is 5.75 Å². The quantitative estimate of drug-likeness (QED) is 0.498. The second kappa shape index (κ2) is 6.21. The first-order chi connectivity index (χ1) is 8.34. The van der Waals surface area contributed by atoms with Crippen LogP contribution in [0, 0.1) is 0 Å². The Kier molecular flexibility index (Phi) is 4.33. The molecule has 0 aliphatic heterocycles. The summed E-state index contributed by atoms with van der Waals surface area (Å²) in [5.74, 6) is 1.83. The Morgan fingerprint density at radius 1 is 1.00 bits per heavy atom. The lowest BCUT2D eigenvalue weighted by molar-refractivity contribution is 0.344. The summed E-state index contributed by atoms with van der Waals surface area (Å²) in [4.78, 5) is 1.18. The molecule has 0 heterocycles. The zero-order chi connectivity index (χ0) is 11.9. The van der Waals surface area contributed by atoms with Crippen LogP contribution in [-0.2, 0) is 0 Å². The Hall–Kier alpha value is -1.61. The van der Waals surface area contributed by atoms with Crippen molar-refractivity contribution in [2.75, 3.05) is 18.1 Å². The van der Waals surface area contributed by atoms with Gasteiger partial charge in [-0.2, -0.15) is 0 Å². The molecule has 0 aromatic heterocycles. The Balaban J connectivity index is 1.73. The first-order valence-electron chi connectivity index (χ1n) is 5.51. The van der Waals surface area contributed by atoms with E-state index in [4.69, 9.17) is 10.5 Å². The topological polar surface area (TPSA) is 35.2 Å². The third-order valence-corrected chi connectivity index (χ3v) is 3.18. The van der Waals surface area contributed by atoms with E-state index in [-0.39, 0.29) is 0 Å². The van der Waals surface area contributed by atoms with Gasteiger partial charge in [-0.1, -0.05) is 24.3 Å². The summed E-state index contributed by atoms with van der Waals surface area (Å²) < 4.78 is 5.61. The number of para-hydroxylation sites is 1. The molecule has 88 valence electrons. The van der Waals surface area contributed by atoms with Gasteiger partial charge in [0.1, 0.15) is 5.75 Å². The molecule has 2 aromatic rings. The molecule has 0 spiro atoms. The van der Waals surface area contributed by atoms with Crippen molar-refractivity contribution >= 4 is 17.4 Å². The zero-order valence-electron chi connectivity index (χ0n) is 9.50. The van der Waals surface area contributed by atoms with Gasteiger partial charge in [-0.25, -0.2) is 0 Å². The minimum absolute atomic E-state index is 0.698. The highest BCUT2D eigenvalue weighted by Crippen LogP contribution is 2.20. The van der Waals surface area contributed by atoms with Gasteiger partial charge >= 0.3 is 0 Å². The zero-order valence-corrected chi connectivity index (χ0v) is 10.3. The number of benzene rings is 2. The van der Waals surface area contributed by atoms with Crippen molar-refractivity contribution in [3.63, 3.8) is 0 Å². The second-order valence-electron chi connectivity index (χ2n) is 3.58. The molecule has 0 aliphatic rings. The molecule has 2 N–H and O–H groups in total. The summed E-state index contributed by atoms with van der Waals surface area (Å²) in [5, 5.41) is 0. The van der Waals surface area contributed by atoms with Gasteiger partial charge in [0.2, 0.25) is 0 Å². The molecule has 0 atom stereocenters. The second-order valence-corrected chi connectivity index (χ2v) is 4.75. The van der Waals surface area contributed by atoms with E-state index >= 15 is 0 Å². The van der Waals surface area contributed by atoms with Crippen LogP contribution in [0.2, 0.25) is 0 Å².